The molecular formula is C24H37N3O5. The Morgan fingerprint density at radius 3 is 2.38 bits per heavy atom. The van der Waals surface area contributed by atoms with Crippen molar-refractivity contribution < 1.29 is 24.9 Å². The van der Waals surface area contributed by atoms with E-state index in [9.17, 15) is 24.9 Å². The maximum atomic E-state index is 12.6. The summed E-state index contributed by atoms with van der Waals surface area (Å²) in [6.07, 6.45) is 2.48. The molecule has 3 rings (SSSR count). The summed E-state index contributed by atoms with van der Waals surface area (Å²) < 4.78 is 0. The Kier molecular flexibility index (Phi) is 7.47. The van der Waals surface area contributed by atoms with Crippen LogP contribution < -0.4 is 5.73 Å². The third kappa shape index (κ3) is 5.42. The van der Waals surface area contributed by atoms with Crippen molar-refractivity contribution in [2.75, 3.05) is 26.2 Å². The molecule has 2 amide bonds. The number of fused-ring (bicyclic) bond motifs is 2. The molecule has 0 aromatic heterocycles. The predicted octanol–water partition coefficient (Wildman–Crippen LogP) is 1.43. The molecule has 2 fully saturated rings. The number of para-hydroxylation sites is 1. The Hall–Kier alpha value is -2.16. The van der Waals surface area contributed by atoms with Gasteiger partial charge in [-0.1, -0.05) is 32.9 Å². The van der Waals surface area contributed by atoms with Crippen molar-refractivity contribution in [3.8, 4) is 5.75 Å². The lowest BCUT2D eigenvalue weighted by atomic mass is 9.83. The van der Waals surface area contributed by atoms with Gasteiger partial charge in [0.05, 0.1) is 12.2 Å². The molecule has 1 aromatic rings. The first-order valence-electron chi connectivity index (χ1n) is 11.5. The lowest BCUT2D eigenvalue weighted by Gasteiger charge is -2.41. The minimum Gasteiger partial charge on any atom is -0.507 e. The van der Waals surface area contributed by atoms with Crippen LogP contribution >= 0.6 is 0 Å². The van der Waals surface area contributed by atoms with Gasteiger partial charge < -0.3 is 26.0 Å². The number of nitrogens with two attached hydrogens (primary N) is 1. The van der Waals surface area contributed by atoms with E-state index in [-0.39, 0.29) is 22.6 Å². The van der Waals surface area contributed by atoms with Gasteiger partial charge in [0, 0.05) is 31.7 Å². The molecule has 2 aliphatic rings. The Balaban J connectivity index is 1.69. The quantitative estimate of drug-likeness (QED) is 0.477. The summed E-state index contributed by atoms with van der Waals surface area (Å²) in [5.41, 5.74) is 6.22. The second-order valence-electron chi connectivity index (χ2n) is 10.4. The van der Waals surface area contributed by atoms with Crippen LogP contribution in [0.5, 0.6) is 5.75 Å². The number of hydrogen-bond acceptors (Lipinski definition) is 6. The number of aromatic hydroxyl groups is 1. The van der Waals surface area contributed by atoms with E-state index in [0.29, 0.717) is 31.7 Å². The number of nitrogens with zero attached hydrogens (tertiary/aromatic N) is 2. The van der Waals surface area contributed by atoms with E-state index in [1.807, 2.05) is 26.8 Å². The van der Waals surface area contributed by atoms with Crippen LogP contribution in [0.1, 0.15) is 68.3 Å². The molecular weight excluding hydrogens is 410 g/mol. The fraction of sp³-hybridized carbons (Fsp3) is 0.667. The van der Waals surface area contributed by atoms with Crippen molar-refractivity contribution in [1.82, 2.24) is 9.80 Å². The number of primary amides is 1. The first kappa shape index (κ1) is 24.5. The van der Waals surface area contributed by atoms with Crippen LogP contribution in [0.15, 0.2) is 18.2 Å². The Bertz CT molecular complexity index is 823. The molecule has 0 saturated carbocycles. The third-order valence-electron chi connectivity index (χ3n) is 6.72. The largest absolute Gasteiger partial charge is 0.507 e. The van der Waals surface area contributed by atoms with Gasteiger partial charge in [-0.15, -0.1) is 0 Å². The van der Waals surface area contributed by atoms with Crippen LogP contribution in [0, 0.1) is 5.41 Å². The monoisotopic (exact) mass is 447 g/mol. The highest BCUT2D eigenvalue weighted by Gasteiger charge is 2.42. The lowest BCUT2D eigenvalue weighted by molar-refractivity contribution is -0.143. The summed E-state index contributed by atoms with van der Waals surface area (Å²) in [5.74, 6) is -0.902. The highest BCUT2D eigenvalue weighted by Crippen LogP contribution is 2.45. The normalized spacial score (nSPS) is 24.3. The Morgan fingerprint density at radius 1 is 1.22 bits per heavy atom. The van der Waals surface area contributed by atoms with Crippen LogP contribution in [0.4, 0.5) is 0 Å². The zero-order valence-corrected chi connectivity index (χ0v) is 19.3. The molecule has 32 heavy (non-hydrogen) atoms. The van der Waals surface area contributed by atoms with Gasteiger partial charge in [0.15, 0.2) is 6.10 Å². The fourth-order valence-electron chi connectivity index (χ4n) is 5.35. The number of aliphatic hydroxyl groups excluding tert-OH is 2. The van der Waals surface area contributed by atoms with Crippen molar-refractivity contribution in [1.29, 1.82) is 0 Å². The van der Waals surface area contributed by atoms with Crippen molar-refractivity contribution in [2.45, 2.75) is 70.6 Å². The first-order chi connectivity index (χ1) is 15.0. The number of rotatable bonds is 8. The highest BCUT2D eigenvalue weighted by atomic mass is 16.3. The van der Waals surface area contributed by atoms with Gasteiger partial charge >= 0.3 is 0 Å². The van der Waals surface area contributed by atoms with Gasteiger partial charge in [-0.2, -0.15) is 0 Å². The number of phenols is 1. The van der Waals surface area contributed by atoms with E-state index in [4.69, 9.17) is 5.73 Å². The van der Waals surface area contributed by atoms with Gasteiger partial charge in [0.1, 0.15) is 5.75 Å². The van der Waals surface area contributed by atoms with Gasteiger partial charge in [-0.05, 0) is 48.6 Å². The number of carbonyl (C=O) groups is 2. The van der Waals surface area contributed by atoms with Crippen LogP contribution in [-0.2, 0) is 4.79 Å². The number of amides is 2. The van der Waals surface area contributed by atoms with Crippen LogP contribution in [0.25, 0.3) is 0 Å². The van der Waals surface area contributed by atoms with Gasteiger partial charge in [0.25, 0.3) is 11.8 Å². The first-order valence-corrected chi connectivity index (χ1v) is 11.5. The molecule has 4 atom stereocenters. The van der Waals surface area contributed by atoms with Crippen molar-refractivity contribution in [2.24, 2.45) is 11.1 Å². The minimum atomic E-state index is -1.39. The zero-order chi connectivity index (χ0) is 23.6. The second-order valence-corrected chi connectivity index (χ2v) is 10.4. The van der Waals surface area contributed by atoms with E-state index in [1.54, 1.807) is 17.0 Å². The van der Waals surface area contributed by atoms with E-state index in [1.165, 1.54) is 0 Å². The minimum absolute atomic E-state index is 0.00205. The number of benzene rings is 1. The summed E-state index contributed by atoms with van der Waals surface area (Å²) in [4.78, 5) is 28.3. The molecule has 0 radical (unpaired) electrons. The molecule has 8 nitrogen and oxygen atoms in total. The van der Waals surface area contributed by atoms with E-state index < -0.39 is 24.5 Å². The van der Waals surface area contributed by atoms with E-state index >= 15 is 0 Å². The Morgan fingerprint density at radius 2 is 1.84 bits per heavy atom. The predicted molar refractivity (Wildman–Crippen MR) is 121 cm³/mol. The van der Waals surface area contributed by atoms with Crippen LogP contribution in [0.2, 0.25) is 0 Å². The molecule has 2 saturated heterocycles. The van der Waals surface area contributed by atoms with Crippen molar-refractivity contribution in [3.05, 3.63) is 29.3 Å². The molecule has 1 unspecified atom stereocenters. The average Bonchev–Trinajstić information content (AvgIpc) is 2.96. The molecule has 1 aromatic carbocycles. The number of aliphatic hydroxyl groups is 2. The molecule has 8 heteroatoms. The molecule has 178 valence electrons. The number of carbonyl (C=O) groups excluding carboxylic acids is 2. The third-order valence-corrected chi connectivity index (χ3v) is 6.72. The molecule has 0 aliphatic carbocycles. The van der Waals surface area contributed by atoms with Crippen LogP contribution in [0.3, 0.4) is 0 Å². The smallest absolute Gasteiger partial charge is 0.253 e. The lowest BCUT2D eigenvalue weighted by Crippen LogP contribution is -2.50. The van der Waals surface area contributed by atoms with Gasteiger partial charge in [-0.25, -0.2) is 0 Å². The summed E-state index contributed by atoms with van der Waals surface area (Å²) in [7, 11) is 0. The maximum absolute atomic E-state index is 12.6. The highest BCUT2D eigenvalue weighted by molar-refractivity contribution is 5.96. The second kappa shape index (κ2) is 9.77. The zero-order valence-electron chi connectivity index (χ0n) is 19.3. The average molecular weight is 448 g/mol. The summed E-state index contributed by atoms with van der Waals surface area (Å²) in [6, 6.07) is 5.87. The number of piperidine rings is 1. The van der Waals surface area contributed by atoms with Crippen molar-refractivity contribution >= 4 is 11.8 Å². The molecule has 2 heterocycles. The van der Waals surface area contributed by atoms with Crippen molar-refractivity contribution in [3.63, 3.8) is 0 Å². The number of hydrogen-bond donors (Lipinski definition) is 4. The fourth-order valence-corrected chi connectivity index (χ4v) is 5.35. The summed E-state index contributed by atoms with van der Waals surface area (Å²) in [6.45, 7) is 7.25. The van der Waals surface area contributed by atoms with Crippen LogP contribution in [-0.4, -0.2) is 81.4 Å². The molecule has 0 spiro atoms. The summed E-state index contributed by atoms with van der Waals surface area (Å²) >= 11 is 0. The van der Waals surface area contributed by atoms with E-state index in [0.717, 1.165) is 31.2 Å². The Labute approximate surface area is 190 Å². The summed E-state index contributed by atoms with van der Waals surface area (Å²) in [5, 5.41) is 29.7. The SMILES string of the molecule is CC(C)(C)CN(CCN1[C@@H]2CC[C@H]1CC(c1cccc(C(N)=O)c1O)C2)C(=O)[C@@H](O)CO. The van der Waals surface area contributed by atoms with Gasteiger partial charge in [0.2, 0.25) is 0 Å². The molecule has 5 N–H and O–H groups in total. The molecule has 2 aliphatic heterocycles. The van der Waals surface area contributed by atoms with Gasteiger partial charge in [-0.3, -0.25) is 14.5 Å². The standard InChI is InChI=1S/C24H37N3O5/c1-24(2,3)14-26(23(32)20(29)13-28)9-10-27-16-7-8-17(27)12-15(11-16)18-5-4-6-19(21(18)30)22(25)31/h4-6,15-17,20,28-30H,7-14H2,1-3H3,(H2,25,31)/t15?,16-,17+,20-/m0/s1. The van der Waals surface area contributed by atoms with E-state index in [2.05, 4.69) is 4.90 Å². The topological polar surface area (TPSA) is 127 Å². The molecule has 2 bridgehead atoms. The maximum Gasteiger partial charge on any atom is 0.253 e.